The summed E-state index contributed by atoms with van der Waals surface area (Å²) in [4.78, 5) is 4.50. The fourth-order valence-corrected chi connectivity index (χ4v) is 2.55. The molecule has 3 rings (SSSR count). The number of hydrogen-bond acceptors (Lipinski definition) is 4. The molecule has 1 aliphatic carbocycles. The number of aromatic nitrogens is 1. The Morgan fingerprint density at radius 1 is 1.19 bits per heavy atom. The van der Waals surface area contributed by atoms with E-state index in [2.05, 4.69) is 28.5 Å². The summed E-state index contributed by atoms with van der Waals surface area (Å²) in [6, 6.07) is 12.1. The third-order valence-corrected chi connectivity index (χ3v) is 4.18. The lowest BCUT2D eigenvalue weighted by molar-refractivity contribution is 0.246. The molecule has 0 bridgehead atoms. The zero-order valence-electron chi connectivity index (χ0n) is 12.3. The third-order valence-electron chi connectivity index (χ3n) is 4.18. The van der Waals surface area contributed by atoms with E-state index in [1.165, 1.54) is 12.0 Å². The molecule has 3 N–H and O–H groups in total. The number of pyridine rings is 1. The van der Waals surface area contributed by atoms with Crippen LogP contribution in [0.25, 0.3) is 0 Å². The predicted octanol–water partition coefficient (Wildman–Crippen LogP) is 3.04. The summed E-state index contributed by atoms with van der Waals surface area (Å²) in [5.74, 6) is 0.874. The Kier molecular flexibility index (Phi) is 3.80. The average molecular weight is 283 g/mol. The second-order valence-corrected chi connectivity index (χ2v) is 5.64. The summed E-state index contributed by atoms with van der Waals surface area (Å²) < 4.78 is 5.15. The summed E-state index contributed by atoms with van der Waals surface area (Å²) in [5, 5.41) is 3.37. The summed E-state index contributed by atoms with van der Waals surface area (Å²) in [7, 11) is 1.67. The topological polar surface area (TPSA) is 60.2 Å². The molecule has 0 unspecified atom stereocenters. The van der Waals surface area contributed by atoms with Crippen LogP contribution < -0.4 is 15.8 Å². The molecule has 4 nitrogen and oxygen atoms in total. The highest BCUT2D eigenvalue weighted by Gasteiger charge is 2.35. The molecular formula is C17H21N3O. The smallest absolute Gasteiger partial charge is 0.118 e. The first-order valence-electron chi connectivity index (χ1n) is 7.32. The zero-order chi connectivity index (χ0) is 14.7. The van der Waals surface area contributed by atoms with Crippen LogP contribution in [0.1, 0.15) is 30.5 Å². The number of rotatable bonds is 5. The van der Waals surface area contributed by atoms with Gasteiger partial charge in [-0.2, -0.15) is 0 Å². The van der Waals surface area contributed by atoms with E-state index in [4.69, 9.17) is 10.5 Å². The fraction of sp³-hybridized carbons (Fsp3) is 0.353. The normalized spacial score (nSPS) is 16.1. The second kappa shape index (κ2) is 5.74. The molecule has 1 heterocycles. The van der Waals surface area contributed by atoms with Gasteiger partial charge in [0.05, 0.1) is 30.2 Å². The average Bonchev–Trinajstić information content (AvgIpc) is 2.51. The van der Waals surface area contributed by atoms with E-state index in [1.54, 1.807) is 7.11 Å². The first-order valence-corrected chi connectivity index (χ1v) is 7.32. The van der Waals surface area contributed by atoms with E-state index in [9.17, 15) is 0 Å². The molecule has 1 aromatic carbocycles. The molecule has 0 saturated heterocycles. The van der Waals surface area contributed by atoms with Gasteiger partial charge >= 0.3 is 0 Å². The van der Waals surface area contributed by atoms with Gasteiger partial charge in [-0.1, -0.05) is 12.1 Å². The van der Waals surface area contributed by atoms with Crippen LogP contribution in [0.4, 0.5) is 5.69 Å². The molecule has 4 heteroatoms. The van der Waals surface area contributed by atoms with Crippen molar-refractivity contribution in [2.75, 3.05) is 12.4 Å². The van der Waals surface area contributed by atoms with Gasteiger partial charge in [-0.15, -0.1) is 0 Å². The summed E-state index contributed by atoms with van der Waals surface area (Å²) in [6.07, 6.45) is 5.15. The quantitative estimate of drug-likeness (QED) is 0.885. The highest BCUT2D eigenvalue weighted by molar-refractivity contribution is 5.43. The molecule has 0 aliphatic heterocycles. The molecule has 2 aromatic rings. The van der Waals surface area contributed by atoms with Crippen LogP contribution in [0, 0.1) is 0 Å². The van der Waals surface area contributed by atoms with Gasteiger partial charge in [-0.25, -0.2) is 0 Å². The van der Waals surface area contributed by atoms with Crippen LogP contribution in [0.2, 0.25) is 0 Å². The highest BCUT2D eigenvalue weighted by atomic mass is 16.5. The summed E-state index contributed by atoms with van der Waals surface area (Å²) in [6.45, 7) is 0.763. The van der Waals surface area contributed by atoms with Crippen molar-refractivity contribution in [2.24, 2.45) is 5.73 Å². The minimum absolute atomic E-state index is 0.186. The van der Waals surface area contributed by atoms with Gasteiger partial charge in [0.1, 0.15) is 5.75 Å². The van der Waals surface area contributed by atoms with Crippen LogP contribution in [-0.2, 0) is 12.1 Å². The number of methoxy groups -OCH3 is 1. The molecule has 1 aliphatic rings. The number of nitrogens with one attached hydrogen (secondary N) is 1. The molecule has 0 atom stereocenters. The van der Waals surface area contributed by atoms with E-state index in [0.29, 0.717) is 0 Å². The standard InChI is InChI=1S/C17H21N3O/c1-21-15-6-3-13(4-7-15)11-19-14-5-8-16(20-12-14)17(18)9-2-10-17/h3-8,12,19H,2,9-11,18H2,1H3. The van der Waals surface area contributed by atoms with Crippen molar-refractivity contribution in [1.82, 2.24) is 4.98 Å². The molecule has 110 valence electrons. The van der Waals surface area contributed by atoms with Crippen molar-refractivity contribution >= 4 is 5.69 Å². The van der Waals surface area contributed by atoms with Crippen molar-refractivity contribution in [1.29, 1.82) is 0 Å². The lowest BCUT2D eigenvalue weighted by Gasteiger charge is -2.37. The Balaban J connectivity index is 1.60. The minimum Gasteiger partial charge on any atom is -0.497 e. The van der Waals surface area contributed by atoms with E-state index < -0.39 is 0 Å². The Labute approximate surface area is 125 Å². The maximum atomic E-state index is 6.27. The molecule has 0 radical (unpaired) electrons. The number of nitrogens with zero attached hydrogens (tertiary/aromatic N) is 1. The Morgan fingerprint density at radius 2 is 1.95 bits per heavy atom. The van der Waals surface area contributed by atoms with Crippen LogP contribution in [0.5, 0.6) is 5.75 Å². The lowest BCUT2D eigenvalue weighted by atomic mass is 9.75. The van der Waals surface area contributed by atoms with E-state index in [-0.39, 0.29) is 5.54 Å². The van der Waals surface area contributed by atoms with Gasteiger partial charge in [0.15, 0.2) is 0 Å². The van der Waals surface area contributed by atoms with Gasteiger partial charge in [-0.05, 0) is 49.1 Å². The minimum atomic E-state index is -0.186. The van der Waals surface area contributed by atoms with Crippen LogP contribution in [0.15, 0.2) is 42.6 Å². The molecule has 1 saturated carbocycles. The Bertz CT molecular complexity index is 588. The van der Waals surface area contributed by atoms with Gasteiger partial charge < -0.3 is 15.8 Å². The number of benzene rings is 1. The third kappa shape index (κ3) is 3.00. The molecule has 0 spiro atoms. The van der Waals surface area contributed by atoms with Crippen LogP contribution >= 0.6 is 0 Å². The number of nitrogens with two attached hydrogens (primary N) is 1. The molecule has 1 fully saturated rings. The maximum Gasteiger partial charge on any atom is 0.118 e. The largest absolute Gasteiger partial charge is 0.497 e. The Morgan fingerprint density at radius 3 is 2.48 bits per heavy atom. The first-order chi connectivity index (χ1) is 10.2. The first kappa shape index (κ1) is 13.9. The van der Waals surface area contributed by atoms with Crippen molar-refractivity contribution in [2.45, 2.75) is 31.3 Å². The van der Waals surface area contributed by atoms with Crippen molar-refractivity contribution < 1.29 is 4.74 Å². The molecule has 21 heavy (non-hydrogen) atoms. The predicted molar refractivity (Wildman–Crippen MR) is 84.3 cm³/mol. The number of ether oxygens (including phenoxy) is 1. The number of hydrogen-bond donors (Lipinski definition) is 2. The second-order valence-electron chi connectivity index (χ2n) is 5.64. The van der Waals surface area contributed by atoms with Gasteiger partial charge in [0.2, 0.25) is 0 Å². The Hall–Kier alpha value is -2.07. The van der Waals surface area contributed by atoms with E-state index >= 15 is 0 Å². The molecule has 0 amide bonds. The fourth-order valence-electron chi connectivity index (χ4n) is 2.55. The van der Waals surface area contributed by atoms with Gasteiger partial charge in [0.25, 0.3) is 0 Å². The monoisotopic (exact) mass is 283 g/mol. The maximum absolute atomic E-state index is 6.27. The lowest BCUT2D eigenvalue weighted by Crippen LogP contribution is -2.43. The number of anilines is 1. The van der Waals surface area contributed by atoms with Gasteiger partial charge in [0, 0.05) is 6.54 Å². The van der Waals surface area contributed by atoms with Crippen molar-refractivity contribution in [3.63, 3.8) is 0 Å². The molecule has 1 aromatic heterocycles. The van der Waals surface area contributed by atoms with Gasteiger partial charge in [-0.3, -0.25) is 4.98 Å². The van der Waals surface area contributed by atoms with Crippen LogP contribution in [-0.4, -0.2) is 12.1 Å². The van der Waals surface area contributed by atoms with Crippen molar-refractivity contribution in [3.8, 4) is 5.75 Å². The van der Waals surface area contributed by atoms with E-state index in [1.807, 2.05) is 24.4 Å². The van der Waals surface area contributed by atoms with Crippen molar-refractivity contribution in [3.05, 3.63) is 53.9 Å². The molecular weight excluding hydrogens is 262 g/mol. The zero-order valence-corrected chi connectivity index (χ0v) is 12.3. The summed E-state index contributed by atoms with van der Waals surface area (Å²) in [5.41, 5.74) is 9.30. The SMILES string of the molecule is COc1ccc(CNc2ccc(C3(N)CCC3)nc2)cc1. The highest BCUT2D eigenvalue weighted by Crippen LogP contribution is 2.37. The van der Waals surface area contributed by atoms with E-state index in [0.717, 1.165) is 36.5 Å². The van der Waals surface area contributed by atoms with Crippen LogP contribution in [0.3, 0.4) is 0 Å². The summed E-state index contributed by atoms with van der Waals surface area (Å²) >= 11 is 0.